The minimum Gasteiger partial charge on any atom is -0.329 e. The number of sulfonamides is 1. The van der Waals surface area contributed by atoms with Crippen LogP contribution in [0, 0.1) is 23.3 Å². The van der Waals surface area contributed by atoms with E-state index < -0.39 is 44.2 Å². The summed E-state index contributed by atoms with van der Waals surface area (Å²) < 4.78 is 77.4. The molecule has 0 amide bonds. The van der Waals surface area contributed by atoms with Gasteiger partial charge in [0.15, 0.2) is 23.3 Å². The van der Waals surface area contributed by atoms with Crippen LogP contribution in [0.3, 0.4) is 0 Å². The van der Waals surface area contributed by atoms with Gasteiger partial charge in [-0.05, 0) is 6.42 Å². The van der Waals surface area contributed by atoms with Gasteiger partial charge in [0.05, 0.1) is 5.25 Å². The Morgan fingerprint density at radius 2 is 1.68 bits per heavy atom. The van der Waals surface area contributed by atoms with Crippen LogP contribution in [0.5, 0.6) is 0 Å². The smallest absolute Gasteiger partial charge is 0.237 e. The molecule has 9 heteroatoms. The van der Waals surface area contributed by atoms with Gasteiger partial charge >= 0.3 is 0 Å². The number of halogens is 4. The second kappa shape index (κ2) is 5.74. The molecule has 1 unspecified atom stereocenters. The van der Waals surface area contributed by atoms with Crippen molar-refractivity contribution in [2.24, 2.45) is 5.73 Å². The van der Waals surface area contributed by atoms with Gasteiger partial charge in [0.25, 0.3) is 0 Å². The van der Waals surface area contributed by atoms with Gasteiger partial charge in [-0.15, -0.1) is 0 Å². The third-order valence-electron chi connectivity index (χ3n) is 2.51. The van der Waals surface area contributed by atoms with Crippen LogP contribution in [0.2, 0.25) is 0 Å². The van der Waals surface area contributed by atoms with Gasteiger partial charge < -0.3 is 5.73 Å². The van der Waals surface area contributed by atoms with Crippen molar-refractivity contribution in [3.63, 3.8) is 0 Å². The van der Waals surface area contributed by atoms with E-state index >= 15 is 0 Å². The normalized spacial score (nSPS) is 13.4. The summed E-state index contributed by atoms with van der Waals surface area (Å²) in [5.41, 5.74) is 3.82. The Labute approximate surface area is 107 Å². The Bertz CT molecular complexity index is 547. The van der Waals surface area contributed by atoms with E-state index in [4.69, 9.17) is 5.73 Å². The third-order valence-corrected chi connectivity index (χ3v) is 4.41. The van der Waals surface area contributed by atoms with E-state index in [-0.39, 0.29) is 19.0 Å². The molecule has 0 bridgehead atoms. The molecule has 3 N–H and O–H groups in total. The van der Waals surface area contributed by atoms with Crippen molar-refractivity contribution >= 4 is 15.7 Å². The van der Waals surface area contributed by atoms with Crippen LogP contribution >= 0.6 is 0 Å². The Hall–Kier alpha value is -1.35. The molecule has 0 radical (unpaired) electrons. The molecule has 0 aliphatic rings. The quantitative estimate of drug-likeness (QED) is 0.642. The fraction of sp³-hybridized carbons (Fsp3) is 0.400. The molecule has 0 saturated heterocycles. The second-order valence-electron chi connectivity index (χ2n) is 3.76. The largest absolute Gasteiger partial charge is 0.329 e. The highest BCUT2D eigenvalue weighted by molar-refractivity contribution is 7.93. The summed E-state index contributed by atoms with van der Waals surface area (Å²) >= 11 is 0. The molecule has 1 atom stereocenters. The van der Waals surface area contributed by atoms with Crippen LogP contribution in [0.1, 0.15) is 13.3 Å². The topological polar surface area (TPSA) is 72.2 Å². The van der Waals surface area contributed by atoms with Crippen molar-refractivity contribution < 1.29 is 26.0 Å². The first-order valence-electron chi connectivity index (χ1n) is 5.29. The van der Waals surface area contributed by atoms with Crippen LogP contribution in [0.4, 0.5) is 23.2 Å². The summed E-state index contributed by atoms with van der Waals surface area (Å²) in [4.78, 5) is 0. The highest BCUT2D eigenvalue weighted by Gasteiger charge is 2.27. The number of hydrogen-bond acceptors (Lipinski definition) is 3. The molecule has 0 saturated carbocycles. The Balaban J connectivity index is 3.27. The number of anilines is 1. The zero-order valence-corrected chi connectivity index (χ0v) is 10.7. The first-order chi connectivity index (χ1) is 8.74. The van der Waals surface area contributed by atoms with Crippen LogP contribution in [-0.4, -0.2) is 20.2 Å². The first-order valence-corrected chi connectivity index (χ1v) is 6.83. The molecule has 1 rings (SSSR count). The fourth-order valence-corrected chi connectivity index (χ4v) is 2.72. The minimum atomic E-state index is -4.24. The summed E-state index contributed by atoms with van der Waals surface area (Å²) in [7, 11) is -4.24. The molecule has 0 aromatic heterocycles. The number of rotatable bonds is 5. The van der Waals surface area contributed by atoms with Crippen LogP contribution in [-0.2, 0) is 10.0 Å². The predicted molar refractivity (Wildman–Crippen MR) is 61.9 cm³/mol. The van der Waals surface area contributed by atoms with Crippen molar-refractivity contribution in [3.05, 3.63) is 29.3 Å². The maximum atomic E-state index is 13.3. The minimum absolute atomic E-state index is 0.0112. The van der Waals surface area contributed by atoms with Gasteiger partial charge in [0.1, 0.15) is 5.69 Å². The second-order valence-corrected chi connectivity index (χ2v) is 5.72. The van der Waals surface area contributed by atoms with Gasteiger partial charge in [0, 0.05) is 12.6 Å². The zero-order valence-electron chi connectivity index (χ0n) is 9.88. The Morgan fingerprint density at radius 3 is 2.05 bits per heavy atom. The average molecular weight is 300 g/mol. The summed E-state index contributed by atoms with van der Waals surface area (Å²) in [6.45, 7) is 1.20. The molecule has 4 nitrogen and oxygen atoms in total. The van der Waals surface area contributed by atoms with Crippen molar-refractivity contribution in [3.8, 4) is 0 Å². The maximum absolute atomic E-state index is 13.3. The van der Waals surface area contributed by atoms with E-state index in [1.165, 1.54) is 11.6 Å². The average Bonchev–Trinajstić information content (AvgIpc) is 2.33. The molecule has 19 heavy (non-hydrogen) atoms. The first kappa shape index (κ1) is 15.7. The molecule has 0 aliphatic heterocycles. The number of nitrogens with one attached hydrogen (secondary N) is 1. The summed E-state index contributed by atoms with van der Waals surface area (Å²) in [5.74, 6) is -7.02. The van der Waals surface area contributed by atoms with Crippen LogP contribution in [0.15, 0.2) is 6.07 Å². The molecule has 0 spiro atoms. The van der Waals surface area contributed by atoms with Crippen molar-refractivity contribution in [2.45, 2.75) is 18.6 Å². The van der Waals surface area contributed by atoms with E-state index in [1.54, 1.807) is 0 Å². The van der Waals surface area contributed by atoms with Crippen LogP contribution < -0.4 is 10.5 Å². The van der Waals surface area contributed by atoms with Gasteiger partial charge in [0.2, 0.25) is 10.0 Å². The molecule has 0 aliphatic carbocycles. The number of nitrogens with two attached hydrogens (primary N) is 1. The molecule has 1 aromatic carbocycles. The van der Waals surface area contributed by atoms with E-state index in [0.717, 1.165) is 0 Å². The lowest BCUT2D eigenvalue weighted by Gasteiger charge is -2.16. The lowest BCUT2D eigenvalue weighted by atomic mass is 10.3. The molecule has 0 fully saturated rings. The molecule has 0 heterocycles. The van der Waals surface area contributed by atoms with Crippen molar-refractivity contribution in [1.29, 1.82) is 0 Å². The zero-order chi connectivity index (χ0) is 14.8. The molecule has 108 valence electrons. The Kier molecular flexibility index (Phi) is 4.75. The van der Waals surface area contributed by atoms with Gasteiger partial charge in [-0.25, -0.2) is 26.0 Å². The molecular formula is C10H12F4N2O2S. The van der Waals surface area contributed by atoms with Crippen molar-refractivity contribution in [2.75, 3.05) is 11.3 Å². The highest BCUT2D eigenvalue weighted by atomic mass is 32.2. The lowest BCUT2D eigenvalue weighted by molar-refractivity contribution is 0.459. The van der Waals surface area contributed by atoms with E-state index in [0.29, 0.717) is 0 Å². The van der Waals surface area contributed by atoms with Gasteiger partial charge in [-0.3, -0.25) is 4.72 Å². The Morgan fingerprint density at radius 1 is 1.21 bits per heavy atom. The van der Waals surface area contributed by atoms with Crippen molar-refractivity contribution in [1.82, 2.24) is 0 Å². The monoisotopic (exact) mass is 300 g/mol. The predicted octanol–water partition coefficient (Wildman–Crippen LogP) is 1.72. The SMILES string of the molecule is CCC(CN)S(=O)(=O)Nc1c(F)c(F)cc(F)c1F. The number of benzene rings is 1. The summed E-state index contributed by atoms with van der Waals surface area (Å²) in [5, 5.41) is -1.13. The summed E-state index contributed by atoms with van der Waals surface area (Å²) in [6.07, 6.45) is 0.0763. The molecular weight excluding hydrogens is 288 g/mol. The van der Waals surface area contributed by atoms with E-state index in [2.05, 4.69) is 0 Å². The fourth-order valence-electron chi connectivity index (χ4n) is 1.40. The molecule has 1 aromatic rings. The van der Waals surface area contributed by atoms with Gasteiger partial charge in [-0.1, -0.05) is 6.92 Å². The summed E-state index contributed by atoms with van der Waals surface area (Å²) in [6, 6.07) is -0.0112. The maximum Gasteiger partial charge on any atom is 0.237 e. The highest BCUT2D eigenvalue weighted by Crippen LogP contribution is 2.26. The number of hydrogen-bond donors (Lipinski definition) is 2. The lowest BCUT2D eigenvalue weighted by Crippen LogP contribution is -2.34. The standard InChI is InChI=1S/C10H12F4N2O2S/c1-2-5(4-15)19(17,18)16-10-8(13)6(11)3-7(12)9(10)14/h3,5,16H,2,4,15H2,1H3. The van der Waals surface area contributed by atoms with E-state index in [9.17, 15) is 26.0 Å². The van der Waals surface area contributed by atoms with Gasteiger partial charge in [-0.2, -0.15) is 0 Å². The van der Waals surface area contributed by atoms with Crippen LogP contribution in [0.25, 0.3) is 0 Å². The third kappa shape index (κ3) is 3.16. The van der Waals surface area contributed by atoms with E-state index in [1.807, 2.05) is 0 Å².